The second kappa shape index (κ2) is 5.41. The zero-order chi connectivity index (χ0) is 13.0. The summed E-state index contributed by atoms with van der Waals surface area (Å²) in [6.07, 6.45) is 4.57. The molecule has 0 amide bonds. The van der Waals surface area contributed by atoms with Gasteiger partial charge in [0.05, 0.1) is 7.11 Å². The second-order valence-electron chi connectivity index (χ2n) is 4.69. The van der Waals surface area contributed by atoms with Crippen molar-refractivity contribution in [2.45, 2.75) is 37.7 Å². The van der Waals surface area contributed by atoms with Crippen LogP contribution in [-0.2, 0) is 0 Å². The lowest BCUT2D eigenvalue weighted by Gasteiger charge is -2.26. The van der Waals surface area contributed by atoms with E-state index in [1.165, 1.54) is 13.2 Å². The number of rotatable bonds is 1. The van der Waals surface area contributed by atoms with E-state index in [2.05, 4.69) is 11.8 Å². The van der Waals surface area contributed by atoms with Crippen LogP contribution in [0.25, 0.3) is 0 Å². The third-order valence-corrected chi connectivity index (χ3v) is 3.27. The largest absolute Gasteiger partial charge is 0.494 e. The highest BCUT2D eigenvalue weighted by Crippen LogP contribution is 2.27. The Balaban J connectivity index is 2.16. The summed E-state index contributed by atoms with van der Waals surface area (Å²) in [5.74, 6) is 5.50. The SMILES string of the molecule is COc1ccc(C#CC2(O)CCCCC2)cc1F. The van der Waals surface area contributed by atoms with Crippen LogP contribution in [0.4, 0.5) is 4.39 Å². The molecule has 0 aliphatic heterocycles. The Morgan fingerprint density at radius 2 is 2.00 bits per heavy atom. The lowest BCUT2D eigenvalue weighted by molar-refractivity contribution is 0.0610. The Kier molecular flexibility index (Phi) is 3.88. The Labute approximate surface area is 107 Å². The van der Waals surface area contributed by atoms with Gasteiger partial charge in [0, 0.05) is 5.56 Å². The molecule has 0 atom stereocenters. The minimum absolute atomic E-state index is 0.205. The number of halogens is 1. The van der Waals surface area contributed by atoms with Crippen molar-refractivity contribution in [3.63, 3.8) is 0 Å². The van der Waals surface area contributed by atoms with Crippen LogP contribution in [-0.4, -0.2) is 17.8 Å². The van der Waals surface area contributed by atoms with E-state index in [1.54, 1.807) is 12.1 Å². The van der Waals surface area contributed by atoms with Gasteiger partial charge in [0.1, 0.15) is 5.60 Å². The molecule has 1 aromatic carbocycles. The molecule has 96 valence electrons. The van der Waals surface area contributed by atoms with E-state index in [0.717, 1.165) is 19.3 Å². The van der Waals surface area contributed by atoms with Gasteiger partial charge >= 0.3 is 0 Å². The predicted octanol–water partition coefficient (Wildman–Crippen LogP) is 2.88. The Morgan fingerprint density at radius 1 is 1.28 bits per heavy atom. The molecule has 0 saturated heterocycles. The van der Waals surface area contributed by atoms with Crippen LogP contribution in [0.1, 0.15) is 37.7 Å². The summed E-state index contributed by atoms with van der Waals surface area (Å²) in [7, 11) is 1.43. The molecule has 0 unspecified atom stereocenters. The van der Waals surface area contributed by atoms with E-state index in [4.69, 9.17) is 4.74 Å². The van der Waals surface area contributed by atoms with Crippen molar-refractivity contribution in [3.05, 3.63) is 29.6 Å². The standard InChI is InChI=1S/C15H17FO2/c1-18-14-6-5-12(11-13(14)16)7-10-15(17)8-3-2-4-9-15/h5-6,11,17H,2-4,8-9H2,1H3. The molecule has 1 N–H and O–H groups in total. The van der Waals surface area contributed by atoms with Crippen LogP contribution in [0.3, 0.4) is 0 Å². The lowest BCUT2D eigenvalue weighted by atomic mass is 9.85. The first-order chi connectivity index (χ1) is 8.63. The quantitative estimate of drug-likeness (QED) is 0.774. The third kappa shape index (κ3) is 3.02. The first-order valence-electron chi connectivity index (χ1n) is 6.22. The second-order valence-corrected chi connectivity index (χ2v) is 4.69. The number of aliphatic hydroxyl groups is 1. The molecule has 1 aliphatic rings. The van der Waals surface area contributed by atoms with Gasteiger partial charge in [-0.3, -0.25) is 0 Å². The van der Waals surface area contributed by atoms with Crippen molar-refractivity contribution in [1.29, 1.82) is 0 Å². The van der Waals surface area contributed by atoms with Gasteiger partial charge < -0.3 is 9.84 Å². The molecular formula is C15H17FO2. The molecule has 18 heavy (non-hydrogen) atoms. The fraction of sp³-hybridized carbons (Fsp3) is 0.467. The molecule has 1 aromatic rings. The van der Waals surface area contributed by atoms with Crippen molar-refractivity contribution in [2.75, 3.05) is 7.11 Å². The summed E-state index contributed by atoms with van der Waals surface area (Å²) in [6.45, 7) is 0. The molecule has 0 radical (unpaired) electrons. The van der Waals surface area contributed by atoms with Gasteiger partial charge in [-0.2, -0.15) is 0 Å². The molecule has 0 aromatic heterocycles. The molecule has 3 heteroatoms. The van der Waals surface area contributed by atoms with Gasteiger partial charge in [0.25, 0.3) is 0 Å². The van der Waals surface area contributed by atoms with E-state index < -0.39 is 11.4 Å². The summed E-state index contributed by atoms with van der Waals surface area (Å²) in [5.41, 5.74) is -0.332. The van der Waals surface area contributed by atoms with E-state index in [1.807, 2.05) is 0 Å². The summed E-state index contributed by atoms with van der Waals surface area (Å²) < 4.78 is 18.3. The van der Waals surface area contributed by atoms with Crippen molar-refractivity contribution in [2.24, 2.45) is 0 Å². The zero-order valence-corrected chi connectivity index (χ0v) is 10.5. The molecule has 1 saturated carbocycles. The van der Waals surface area contributed by atoms with Crippen LogP contribution in [0.15, 0.2) is 18.2 Å². The van der Waals surface area contributed by atoms with E-state index in [9.17, 15) is 9.50 Å². The minimum atomic E-state index is -0.894. The van der Waals surface area contributed by atoms with Crippen molar-refractivity contribution < 1.29 is 14.2 Å². The lowest BCUT2D eigenvalue weighted by Crippen LogP contribution is -2.29. The van der Waals surface area contributed by atoms with Crippen molar-refractivity contribution in [1.82, 2.24) is 0 Å². The zero-order valence-electron chi connectivity index (χ0n) is 10.5. The fourth-order valence-electron chi connectivity index (χ4n) is 2.19. The molecule has 1 fully saturated rings. The van der Waals surface area contributed by atoms with Gasteiger partial charge in [-0.15, -0.1) is 0 Å². The maximum atomic E-state index is 13.5. The first-order valence-corrected chi connectivity index (χ1v) is 6.22. The van der Waals surface area contributed by atoms with E-state index >= 15 is 0 Å². The topological polar surface area (TPSA) is 29.5 Å². The monoisotopic (exact) mass is 248 g/mol. The maximum Gasteiger partial charge on any atom is 0.166 e. The Bertz CT molecular complexity index is 479. The highest BCUT2D eigenvalue weighted by molar-refractivity contribution is 5.40. The van der Waals surface area contributed by atoms with Gasteiger partial charge in [-0.25, -0.2) is 4.39 Å². The van der Waals surface area contributed by atoms with Crippen LogP contribution in [0, 0.1) is 17.7 Å². The molecular weight excluding hydrogens is 231 g/mol. The van der Waals surface area contributed by atoms with Gasteiger partial charge in [-0.1, -0.05) is 18.3 Å². The summed E-state index contributed by atoms with van der Waals surface area (Å²) in [6, 6.07) is 4.57. The third-order valence-electron chi connectivity index (χ3n) is 3.27. The van der Waals surface area contributed by atoms with Crippen LogP contribution in [0.5, 0.6) is 5.75 Å². The molecule has 0 bridgehead atoms. The van der Waals surface area contributed by atoms with Crippen LogP contribution < -0.4 is 4.74 Å². The number of hydrogen-bond acceptors (Lipinski definition) is 2. The smallest absolute Gasteiger partial charge is 0.166 e. The molecule has 0 spiro atoms. The highest BCUT2D eigenvalue weighted by Gasteiger charge is 2.26. The summed E-state index contributed by atoms with van der Waals surface area (Å²) in [5, 5.41) is 10.2. The highest BCUT2D eigenvalue weighted by atomic mass is 19.1. The first kappa shape index (κ1) is 12.9. The number of ether oxygens (including phenoxy) is 1. The summed E-state index contributed by atoms with van der Waals surface area (Å²) in [4.78, 5) is 0. The van der Waals surface area contributed by atoms with E-state index in [0.29, 0.717) is 18.4 Å². The van der Waals surface area contributed by atoms with Crippen LogP contribution >= 0.6 is 0 Å². The maximum absolute atomic E-state index is 13.5. The molecule has 1 aliphatic carbocycles. The normalized spacial score (nSPS) is 17.7. The number of benzene rings is 1. The van der Waals surface area contributed by atoms with Crippen molar-refractivity contribution in [3.8, 4) is 17.6 Å². The molecule has 2 nitrogen and oxygen atoms in total. The van der Waals surface area contributed by atoms with E-state index in [-0.39, 0.29) is 5.75 Å². The Morgan fingerprint density at radius 3 is 2.61 bits per heavy atom. The minimum Gasteiger partial charge on any atom is -0.494 e. The fourth-order valence-corrected chi connectivity index (χ4v) is 2.19. The average Bonchev–Trinajstić information content (AvgIpc) is 2.38. The number of hydrogen-bond donors (Lipinski definition) is 1. The van der Waals surface area contributed by atoms with Crippen molar-refractivity contribution >= 4 is 0 Å². The number of methoxy groups -OCH3 is 1. The molecule has 0 heterocycles. The average molecular weight is 248 g/mol. The molecule has 2 rings (SSSR count). The van der Waals surface area contributed by atoms with Crippen LogP contribution in [0.2, 0.25) is 0 Å². The van der Waals surface area contributed by atoms with Gasteiger partial charge in [0.2, 0.25) is 0 Å². The Hall–Kier alpha value is -1.53. The van der Waals surface area contributed by atoms with Gasteiger partial charge in [-0.05, 0) is 43.9 Å². The predicted molar refractivity (Wildman–Crippen MR) is 67.9 cm³/mol. The summed E-state index contributed by atoms with van der Waals surface area (Å²) >= 11 is 0. The van der Waals surface area contributed by atoms with Gasteiger partial charge in [0.15, 0.2) is 11.6 Å².